The number of benzene rings is 1. The summed E-state index contributed by atoms with van der Waals surface area (Å²) < 4.78 is 27.5. The van der Waals surface area contributed by atoms with Crippen LogP contribution in [-0.4, -0.2) is 14.8 Å². The highest BCUT2D eigenvalue weighted by atomic mass is 35.5. The Labute approximate surface area is 82.9 Å². The van der Waals surface area contributed by atoms with Gasteiger partial charge in [-0.2, -0.15) is 0 Å². The zero-order valence-electron chi connectivity index (χ0n) is 6.78. The van der Waals surface area contributed by atoms with E-state index >= 15 is 0 Å². The molecule has 0 N–H and O–H groups in total. The van der Waals surface area contributed by atoms with Crippen molar-refractivity contribution < 1.29 is 8.78 Å². The van der Waals surface area contributed by atoms with Crippen LogP contribution in [0.4, 0.5) is 8.78 Å². The van der Waals surface area contributed by atoms with Crippen LogP contribution in [0.15, 0.2) is 24.5 Å². The molecule has 0 aliphatic rings. The Kier molecular flexibility index (Phi) is 2.17. The molecular weight excluding hydrogens is 212 g/mol. The van der Waals surface area contributed by atoms with Crippen molar-refractivity contribution in [2.75, 3.05) is 0 Å². The van der Waals surface area contributed by atoms with Gasteiger partial charge in [0.05, 0.1) is 0 Å². The van der Waals surface area contributed by atoms with Crippen molar-refractivity contribution in [3.8, 4) is 5.69 Å². The first-order valence-corrected chi connectivity index (χ1v) is 4.08. The van der Waals surface area contributed by atoms with Crippen molar-refractivity contribution in [2.45, 2.75) is 0 Å². The molecule has 2 rings (SSSR count). The van der Waals surface area contributed by atoms with Gasteiger partial charge in [-0.25, -0.2) is 8.78 Å². The van der Waals surface area contributed by atoms with Gasteiger partial charge in [-0.1, -0.05) is 6.07 Å². The largest absolute Gasteiger partial charge is 0.266 e. The van der Waals surface area contributed by atoms with Gasteiger partial charge in [-0.15, -0.1) is 10.2 Å². The monoisotopic (exact) mass is 215 g/mol. The third-order valence-electron chi connectivity index (χ3n) is 1.68. The van der Waals surface area contributed by atoms with E-state index in [9.17, 15) is 8.78 Å². The molecule has 0 saturated carbocycles. The van der Waals surface area contributed by atoms with E-state index in [1.807, 2.05) is 0 Å². The molecule has 0 amide bonds. The predicted molar refractivity (Wildman–Crippen MR) is 46.3 cm³/mol. The van der Waals surface area contributed by atoms with Crippen LogP contribution in [0, 0.1) is 11.6 Å². The highest BCUT2D eigenvalue weighted by Gasteiger charge is 2.13. The lowest BCUT2D eigenvalue weighted by molar-refractivity contribution is 0.569. The lowest BCUT2D eigenvalue weighted by Gasteiger charge is -2.04. The Hall–Kier alpha value is -1.49. The minimum atomic E-state index is -0.716. The van der Waals surface area contributed by atoms with E-state index in [2.05, 4.69) is 10.2 Å². The molecule has 1 heterocycles. The van der Waals surface area contributed by atoms with Crippen LogP contribution < -0.4 is 0 Å². The first kappa shape index (κ1) is 9.08. The second-order valence-corrected chi connectivity index (χ2v) is 2.88. The van der Waals surface area contributed by atoms with Gasteiger partial charge in [0.1, 0.15) is 23.6 Å². The van der Waals surface area contributed by atoms with Gasteiger partial charge < -0.3 is 0 Å². The van der Waals surface area contributed by atoms with Gasteiger partial charge in [-0.3, -0.25) is 4.57 Å². The van der Waals surface area contributed by atoms with E-state index < -0.39 is 11.6 Å². The normalized spacial score (nSPS) is 10.5. The topological polar surface area (TPSA) is 30.7 Å². The third kappa shape index (κ3) is 1.35. The summed E-state index contributed by atoms with van der Waals surface area (Å²) in [5, 5.41) is 6.76. The summed E-state index contributed by atoms with van der Waals surface area (Å²) in [6.45, 7) is 0. The number of aromatic nitrogens is 3. The molecule has 2 aromatic rings. The highest BCUT2D eigenvalue weighted by molar-refractivity contribution is 6.28. The van der Waals surface area contributed by atoms with Crippen molar-refractivity contribution in [1.29, 1.82) is 0 Å². The van der Waals surface area contributed by atoms with Gasteiger partial charge in [-0.05, 0) is 23.7 Å². The minimum absolute atomic E-state index is 0.0889. The Morgan fingerprint density at radius 2 is 1.86 bits per heavy atom. The maximum Gasteiger partial charge on any atom is 0.229 e. The molecule has 0 unspecified atom stereocenters. The number of hydrogen-bond donors (Lipinski definition) is 0. The van der Waals surface area contributed by atoms with E-state index in [0.717, 1.165) is 23.0 Å². The van der Waals surface area contributed by atoms with Gasteiger partial charge in [0, 0.05) is 0 Å². The molecule has 0 aliphatic heterocycles. The first-order chi connectivity index (χ1) is 6.70. The van der Waals surface area contributed by atoms with Gasteiger partial charge in [0.15, 0.2) is 0 Å². The highest BCUT2D eigenvalue weighted by Crippen LogP contribution is 2.19. The Balaban J connectivity index is 2.68. The molecule has 0 radical (unpaired) electrons. The van der Waals surface area contributed by atoms with Gasteiger partial charge >= 0.3 is 0 Å². The van der Waals surface area contributed by atoms with Crippen molar-refractivity contribution in [3.63, 3.8) is 0 Å². The summed E-state index contributed by atoms with van der Waals surface area (Å²) in [6, 6.07) is 3.54. The Morgan fingerprint density at radius 3 is 2.36 bits per heavy atom. The van der Waals surface area contributed by atoms with Crippen molar-refractivity contribution in [3.05, 3.63) is 41.4 Å². The molecule has 0 atom stereocenters. The fourth-order valence-electron chi connectivity index (χ4n) is 1.09. The van der Waals surface area contributed by atoms with E-state index in [-0.39, 0.29) is 11.0 Å². The molecule has 1 aromatic heterocycles. The van der Waals surface area contributed by atoms with Crippen LogP contribution in [0.25, 0.3) is 5.69 Å². The summed E-state index contributed by atoms with van der Waals surface area (Å²) >= 11 is 5.57. The summed E-state index contributed by atoms with van der Waals surface area (Å²) in [5.74, 6) is -1.43. The summed E-state index contributed by atoms with van der Waals surface area (Å²) in [6.07, 6.45) is 1.14. The van der Waals surface area contributed by atoms with Crippen LogP contribution in [0.5, 0.6) is 0 Å². The van der Waals surface area contributed by atoms with Crippen LogP contribution in [0.1, 0.15) is 0 Å². The van der Waals surface area contributed by atoms with Crippen molar-refractivity contribution in [1.82, 2.24) is 14.8 Å². The van der Waals surface area contributed by atoms with E-state index in [0.29, 0.717) is 0 Å². The number of halogens is 3. The average Bonchev–Trinajstić information content (AvgIpc) is 2.52. The van der Waals surface area contributed by atoms with E-state index in [1.165, 1.54) is 6.07 Å². The lowest BCUT2D eigenvalue weighted by atomic mass is 10.3. The van der Waals surface area contributed by atoms with Gasteiger partial charge in [0.2, 0.25) is 5.28 Å². The fourth-order valence-corrected chi connectivity index (χ4v) is 1.26. The summed E-state index contributed by atoms with van der Waals surface area (Å²) in [5.41, 5.74) is -0.275. The van der Waals surface area contributed by atoms with Crippen molar-refractivity contribution in [2.24, 2.45) is 0 Å². The number of rotatable bonds is 1. The number of hydrogen-bond acceptors (Lipinski definition) is 2. The fraction of sp³-hybridized carbons (Fsp3) is 0. The molecule has 1 aromatic carbocycles. The van der Waals surface area contributed by atoms with Crippen LogP contribution >= 0.6 is 11.6 Å². The first-order valence-electron chi connectivity index (χ1n) is 3.70. The number of nitrogens with zero attached hydrogens (tertiary/aromatic N) is 3. The zero-order chi connectivity index (χ0) is 10.1. The smallest absolute Gasteiger partial charge is 0.229 e. The van der Waals surface area contributed by atoms with Crippen LogP contribution in [0.3, 0.4) is 0 Å². The average molecular weight is 216 g/mol. The molecule has 72 valence electrons. The maximum absolute atomic E-state index is 13.2. The molecule has 0 fully saturated rings. The molecular formula is C8H4ClF2N3. The van der Waals surface area contributed by atoms with E-state index in [4.69, 9.17) is 11.6 Å². The van der Waals surface area contributed by atoms with Gasteiger partial charge in [0.25, 0.3) is 0 Å². The number of para-hydroxylation sites is 1. The minimum Gasteiger partial charge on any atom is -0.266 e. The Morgan fingerprint density at radius 1 is 1.21 bits per heavy atom. The summed E-state index contributed by atoms with van der Waals surface area (Å²) in [4.78, 5) is 0. The predicted octanol–water partition coefficient (Wildman–Crippen LogP) is 2.20. The molecule has 0 bridgehead atoms. The van der Waals surface area contributed by atoms with Crippen molar-refractivity contribution >= 4 is 11.6 Å². The van der Waals surface area contributed by atoms with Crippen LogP contribution in [-0.2, 0) is 0 Å². The standard InChI is InChI=1S/C8H4ClF2N3/c9-8-13-12-4-14(8)7-5(10)2-1-3-6(7)11/h1-4H. The third-order valence-corrected chi connectivity index (χ3v) is 1.94. The molecule has 3 nitrogen and oxygen atoms in total. The maximum atomic E-state index is 13.2. The second-order valence-electron chi connectivity index (χ2n) is 2.54. The SMILES string of the molecule is Fc1cccc(F)c1-n1cnnc1Cl. The lowest BCUT2D eigenvalue weighted by Crippen LogP contribution is -2.00. The molecule has 0 saturated heterocycles. The molecule has 14 heavy (non-hydrogen) atoms. The van der Waals surface area contributed by atoms with E-state index in [1.54, 1.807) is 0 Å². The van der Waals surface area contributed by atoms with Crippen LogP contribution in [0.2, 0.25) is 5.28 Å². The Bertz CT molecular complexity index is 449. The quantitative estimate of drug-likeness (QED) is 0.730. The molecule has 6 heteroatoms. The molecule has 0 aliphatic carbocycles. The molecule has 0 spiro atoms. The summed E-state index contributed by atoms with van der Waals surface area (Å²) in [7, 11) is 0. The second kappa shape index (κ2) is 3.34. The zero-order valence-corrected chi connectivity index (χ0v) is 7.54.